The Hall–Kier alpha value is -5.25. The Bertz CT molecular complexity index is 1840. The fraction of sp³-hybridized carbons (Fsp3) is 0.167. The van der Waals surface area contributed by atoms with E-state index in [0.29, 0.717) is 29.4 Å². The van der Waals surface area contributed by atoms with Crippen molar-refractivity contribution in [2.75, 3.05) is 10.2 Å². The third kappa shape index (κ3) is 4.19. The summed E-state index contributed by atoms with van der Waals surface area (Å²) in [5.41, 5.74) is 13.4. The molecule has 0 radical (unpaired) electrons. The van der Waals surface area contributed by atoms with Crippen molar-refractivity contribution in [3.05, 3.63) is 88.4 Å². The number of fused-ring (bicyclic) bond motifs is 2. The number of nitrogens with one attached hydrogen (secondary N) is 2. The lowest BCUT2D eigenvalue weighted by Crippen LogP contribution is -2.23. The molecule has 0 aliphatic carbocycles. The zero-order valence-electron chi connectivity index (χ0n) is 22.6. The molecule has 0 atom stereocenters. The van der Waals surface area contributed by atoms with E-state index in [-0.39, 0.29) is 5.91 Å². The first-order chi connectivity index (χ1) is 19.2. The molecule has 2 amide bonds. The number of anilines is 3. The Labute approximate surface area is 230 Å². The molecule has 0 saturated heterocycles. The zero-order valence-corrected chi connectivity index (χ0v) is 22.6. The zero-order chi connectivity index (χ0) is 28.1. The molecule has 1 aliphatic rings. The lowest BCUT2D eigenvalue weighted by atomic mass is 10.0. The van der Waals surface area contributed by atoms with Crippen molar-refractivity contribution in [3.8, 4) is 11.3 Å². The Morgan fingerprint density at radius 1 is 1.15 bits per heavy atom. The molecule has 4 heterocycles. The van der Waals surface area contributed by atoms with E-state index in [4.69, 9.17) is 10.7 Å². The van der Waals surface area contributed by atoms with Gasteiger partial charge in [0.15, 0.2) is 5.82 Å². The Morgan fingerprint density at radius 3 is 2.70 bits per heavy atom. The quantitative estimate of drug-likeness (QED) is 0.270. The first-order valence-corrected chi connectivity index (χ1v) is 12.8. The van der Waals surface area contributed by atoms with Crippen LogP contribution in [0, 0.1) is 13.8 Å². The van der Waals surface area contributed by atoms with Gasteiger partial charge in [-0.2, -0.15) is 5.10 Å². The Balaban J connectivity index is 1.37. The molecular formula is C30H28N8O2. The van der Waals surface area contributed by atoms with E-state index < -0.39 is 5.91 Å². The van der Waals surface area contributed by atoms with Crippen LogP contribution in [-0.2, 0) is 18.4 Å². The van der Waals surface area contributed by atoms with Gasteiger partial charge < -0.3 is 20.9 Å². The lowest BCUT2D eigenvalue weighted by Gasteiger charge is -2.17. The van der Waals surface area contributed by atoms with Gasteiger partial charge in [0.25, 0.3) is 5.91 Å². The number of aromatic amines is 1. The molecular weight excluding hydrogens is 504 g/mol. The molecule has 10 heteroatoms. The van der Waals surface area contributed by atoms with Crippen molar-refractivity contribution in [3.63, 3.8) is 0 Å². The fourth-order valence-electron chi connectivity index (χ4n) is 5.06. The number of benzene rings is 2. The maximum absolute atomic E-state index is 13.6. The molecule has 0 saturated carbocycles. The standard InChI is InChI=1S/C30H28N8O2/c1-16(28(31)39)11-19-7-5-9-21-23(19)15-38(29(21)40)24-10-6-8-20-22(14-32-27(20)24)26-17(2)13-33-30(35-26)34-25-12-18(3)37(4)36-25/h5-14,32H,15H2,1-4H3,(H2,31,39)(H,33,34,35,36)/b16-11+. The molecule has 0 unspecified atom stereocenters. The molecule has 0 bridgehead atoms. The van der Waals surface area contributed by atoms with Crippen LogP contribution in [0.1, 0.15) is 39.7 Å². The number of nitrogens with two attached hydrogens (primary N) is 1. The van der Waals surface area contributed by atoms with Crippen LogP contribution in [0.4, 0.5) is 17.5 Å². The molecule has 3 aromatic heterocycles. The van der Waals surface area contributed by atoms with E-state index in [1.54, 1.807) is 28.8 Å². The number of nitrogens with zero attached hydrogens (tertiary/aromatic N) is 5. The van der Waals surface area contributed by atoms with Crippen LogP contribution in [-0.4, -0.2) is 36.5 Å². The summed E-state index contributed by atoms with van der Waals surface area (Å²) in [6, 6.07) is 13.3. The van der Waals surface area contributed by atoms with Gasteiger partial charge in [-0.15, -0.1) is 0 Å². The highest BCUT2D eigenvalue weighted by atomic mass is 16.2. The van der Waals surface area contributed by atoms with Crippen LogP contribution in [0.3, 0.4) is 0 Å². The third-order valence-corrected chi connectivity index (χ3v) is 7.33. The number of para-hydroxylation sites is 1. The highest BCUT2D eigenvalue weighted by molar-refractivity contribution is 6.15. The second-order valence-corrected chi connectivity index (χ2v) is 10.0. The van der Waals surface area contributed by atoms with E-state index in [2.05, 4.69) is 20.4 Å². The summed E-state index contributed by atoms with van der Waals surface area (Å²) < 4.78 is 1.79. The van der Waals surface area contributed by atoms with Gasteiger partial charge in [0.05, 0.1) is 23.4 Å². The normalized spacial score (nSPS) is 13.2. The molecule has 2 aromatic carbocycles. The predicted octanol–water partition coefficient (Wildman–Crippen LogP) is 4.77. The average Bonchev–Trinajstić information content (AvgIpc) is 3.60. The number of hydrogen-bond donors (Lipinski definition) is 3. The second-order valence-electron chi connectivity index (χ2n) is 10.0. The number of carbonyl (C=O) groups excluding carboxylic acids is 2. The Morgan fingerprint density at radius 2 is 1.95 bits per heavy atom. The summed E-state index contributed by atoms with van der Waals surface area (Å²) in [6.07, 6.45) is 5.43. The van der Waals surface area contributed by atoms with Crippen molar-refractivity contribution in [1.82, 2.24) is 24.7 Å². The maximum atomic E-state index is 13.6. The van der Waals surface area contributed by atoms with Crippen molar-refractivity contribution >= 4 is 46.2 Å². The summed E-state index contributed by atoms with van der Waals surface area (Å²) in [5, 5.41) is 8.56. The molecule has 0 fully saturated rings. The average molecular weight is 533 g/mol. The largest absolute Gasteiger partial charge is 0.366 e. The minimum Gasteiger partial charge on any atom is -0.366 e. The first-order valence-electron chi connectivity index (χ1n) is 12.8. The summed E-state index contributed by atoms with van der Waals surface area (Å²) >= 11 is 0. The molecule has 200 valence electrons. The number of primary amides is 1. The van der Waals surface area contributed by atoms with Crippen LogP contribution in [0.5, 0.6) is 0 Å². The van der Waals surface area contributed by atoms with Gasteiger partial charge in [0.1, 0.15) is 0 Å². The van der Waals surface area contributed by atoms with Crippen LogP contribution < -0.4 is 16.0 Å². The molecule has 6 rings (SSSR count). The van der Waals surface area contributed by atoms with Crippen molar-refractivity contribution in [2.24, 2.45) is 12.8 Å². The monoisotopic (exact) mass is 532 g/mol. The topological polar surface area (TPSA) is 135 Å². The minimum atomic E-state index is -0.490. The van der Waals surface area contributed by atoms with E-state index in [0.717, 1.165) is 50.2 Å². The number of hydrogen-bond acceptors (Lipinski definition) is 6. The first kappa shape index (κ1) is 25.1. The summed E-state index contributed by atoms with van der Waals surface area (Å²) in [4.78, 5) is 39.6. The summed E-state index contributed by atoms with van der Waals surface area (Å²) in [6.45, 7) is 6.00. The van der Waals surface area contributed by atoms with E-state index in [1.165, 1.54) is 0 Å². The number of aromatic nitrogens is 5. The molecule has 4 N–H and O–H groups in total. The van der Waals surface area contributed by atoms with Gasteiger partial charge in [-0.25, -0.2) is 9.97 Å². The minimum absolute atomic E-state index is 0.0963. The van der Waals surface area contributed by atoms with Crippen molar-refractivity contribution < 1.29 is 9.59 Å². The van der Waals surface area contributed by atoms with Gasteiger partial charge in [-0.05, 0) is 55.7 Å². The number of carbonyl (C=O) groups is 2. The van der Waals surface area contributed by atoms with E-state index >= 15 is 0 Å². The Kier molecular flexibility index (Phi) is 5.95. The maximum Gasteiger partial charge on any atom is 0.259 e. The van der Waals surface area contributed by atoms with E-state index in [1.807, 2.05) is 69.6 Å². The third-order valence-electron chi connectivity index (χ3n) is 7.33. The van der Waals surface area contributed by atoms with Gasteiger partial charge in [0.2, 0.25) is 11.9 Å². The smallest absolute Gasteiger partial charge is 0.259 e. The van der Waals surface area contributed by atoms with Crippen LogP contribution >= 0.6 is 0 Å². The van der Waals surface area contributed by atoms with Crippen LogP contribution in [0.25, 0.3) is 28.2 Å². The highest BCUT2D eigenvalue weighted by Crippen LogP contribution is 2.38. The summed E-state index contributed by atoms with van der Waals surface area (Å²) in [7, 11) is 1.88. The number of rotatable bonds is 6. The lowest BCUT2D eigenvalue weighted by molar-refractivity contribution is -0.114. The molecule has 0 spiro atoms. The molecule has 40 heavy (non-hydrogen) atoms. The van der Waals surface area contributed by atoms with Crippen molar-refractivity contribution in [1.29, 1.82) is 0 Å². The van der Waals surface area contributed by atoms with Gasteiger partial charge >= 0.3 is 0 Å². The summed E-state index contributed by atoms with van der Waals surface area (Å²) in [5.74, 6) is 0.529. The van der Waals surface area contributed by atoms with Gasteiger partial charge in [0, 0.05) is 53.3 Å². The van der Waals surface area contributed by atoms with Crippen LogP contribution in [0.2, 0.25) is 0 Å². The van der Waals surface area contributed by atoms with E-state index in [9.17, 15) is 9.59 Å². The van der Waals surface area contributed by atoms with Crippen LogP contribution in [0.15, 0.2) is 60.4 Å². The highest BCUT2D eigenvalue weighted by Gasteiger charge is 2.31. The van der Waals surface area contributed by atoms with Gasteiger partial charge in [-0.1, -0.05) is 24.3 Å². The molecule has 10 nitrogen and oxygen atoms in total. The number of H-pyrrole nitrogens is 1. The molecule has 1 aliphatic heterocycles. The number of aryl methyl sites for hydroxylation is 3. The van der Waals surface area contributed by atoms with Gasteiger partial charge in [-0.3, -0.25) is 14.3 Å². The second kappa shape index (κ2) is 9.49. The van der Waals surface area contributed by atoms with Crippen molar-refractivity contribution in [2.45, 2.75) is 27.3 Å². The fourth-order valence-corrected chi connectivity index (χ4v) is 5.06. The number of amides is 2. The predicted molar refractivity (Wildman–Crippen MR) is 155 cm³/mol. The molecule has 5 aromatic rings. The SMILES string of the molecule is C/C(=C\c1cccc2c1CN(c1cccc3c(-c4nc(Nc5cc(C)n(C)n5)ncc4C)c[nH]c13)C2=O)C(N)=O.